The van der Waals surface area contributed by atoms with E-state index >= 15 is 0 Å². The maximum absolute atomic E-state index is 12.1. The van der Waals surface area contributed by atoms with E-state index in [0.29, 0.717) is 10.9 Å². The van der Waals surface area contributed by atoms with Gasteiger partial charge in [0, 0.05) is 43.4 Å². The minimum absolute atomic E-state index is 0.0207. The third-order valence-electron chi connectivity index (χ3n) is 4.77. The normalized spacial score (nSPS) is 23.0. The quantitative estimate of drug-likeness (QED) is 0.832. The molecule has 5 heteroatoms. The first kappa shape index (κ1) is 17.5. The number of benzene rings is 1. The third kappa shape index (κ3) is 5.33. The molecule has 0 radical (unpaired) electrons. The second-order valence-electron chi connectivity index (χ2n) is 6.70. The van der Waals surface area contributed by atoms with Gasteiger partial charge in [0.1, 0.15) is 0 Å². The van der Waals surface area contributed by atoms with Crippen molar-refractivity contribution in [3.63, 3.8) is 0 Å². The predicted octanol–water partition coefficient (Wildman–Crippen LogP) is 2.97. The zero-order valence-corrected chi connectivity index (χ0v) is 14.7. The van der Waals surface area contributed by atoms with Gasteiger partial charge in [0.05, 0.1) is 6.61 Å². The number of nitrogens with zero attached hydrogens (tertiary/aromatic N) is 1. The van der Waals surface area contributed by atoms with E-state index in [1.807, 2.05) is 30.3 Å². The number of carbonyl (C=O) groups is 1. The van der Waals surface area contributed by atoms with E-state index in [1.54, 1.807) is 6.08 Å². The van der Waals surface area contributed by atoms with Gasteiger partial charge in [0.2, 0.25) is 5.91 Å². The maximum Gasteiger partial charge on any atom is 0.244 e. The molecule has 1 amide bonds. The van der Waals surface area contributed by atoms with Crippen molar-refractivity contribution in [2.45, 2.75) is 25.3 Å². The lowest BCUT2D eigenvalue weighted by atomic mass is 10.0. The summed E-state index contributed by atoms with van der Waals surface area (Å²) in [5.41, 5.74) is 0.975. The maximum atomic E-state index is 12.1. The Morgan fingerprint density at radius 1 is 1.25 bits per heavy atom. The first-order valence-electron chi connectivity index (χ1n) is 8.73. The van der Waals surface area contributed by atoms with Crippen molar-refractivity contribution < 1.29 is 9.53 Å². The van der Waals surface area contributed by atoms with Crippen molar-refractivity contribution in [1.82, 2.24) is 10.2 Å². The zero-order valence-electron chi connectivity index (χ0n) is 13.9. The molecule has 1 atom stereocenters. The number of amides is 1. The van der Waals surface area contributed by atoms with Gasteiger partial charge in [-0.15, -0.1) is 0 Å². The smallest absolute Gasteiger partial charge is 0.244 e. The van der Waals surface area contributed by atoms with Crippen LogP contribution in [-0.4, -0.2) is 49.7 Å². The summed E-state index contributed by atoms with van der Waals surface area (Å²) < 4.78 is 5.44. The third-order valence-corrected chi connectivity index (χ3v) is 5.02. The number of piperidine rings is 1. The van der Waals surface area contributed by atoms with Crippen molar-refractivity contribution in [3.8, 4) is 0 Å². The summed E-state index contributed by atoms with van der Waals surface area (Å²) in [6.07, 6.45) is 6.65. The zero-order chi connectivity index (χ0) is 16.8. The highest BCUT2D eigenvalue weighted by Crippen LogP contribution is 2.17. The van der Waals surface area contributed by atoms with Crippen LogP contribution >= 0.6 is 11.6 Å². The summed E-state index contributed by atoms with van der Waals surface area (Å²) in [7, 11) is 0. The monoisotopic (exact) mass is 348 g/mol. The summed E-state index contributed by atoms with van der Waals surface area (Å²) in [4.78, 5) is 14.6. The number of hydrogen-bond donors (Lipinski definition) is 1. The fraction of sp³-hybridized carbons (Fsp3) is 0.526. The van der Waals surface area contributed by atoms with Crippen LogP contribution in [0.4, 0.5) is 0 Å². The van der Waals surface area contributed by atoms with Crippen molar-refractivity contribution in [1.29, 1.82) is 0 Å². The molecule has 0 unspecified atom stereocenters. The van der Waals surface area contributed by atoms with E-state index in [-0.39, 0.29) is 11.9 Å². The van der Waals surface area contributed by atoms with Gasteiger partial charge in [0.15, 0.2) is 0 Å². The Hall–Kier alpha value is -1.36. The summed E-state index contributed by atoms with van der Waals surface area (Å²) in [6.45, 7) is 5.07. The fourth-order valence-corrected chi connectivity index (χ4v) is 3.47. The Morgan fingerprint density at radius 3 is 2.67 bits per heavy atom. The van der Waals surface area contributed by atoms with Crippen molar-refractivity contribution in [2.75, 3.05) is 32.8 Å². The second kappa shape index (κ2) is 8.65. The van der Waals surface area contributed by atoms with Crippen LogP contribution in [0.5, 0.6) is 0 Å². The topological polar surface area (TPSA) is 41.6 Å². The molecular weight excluding hydrogens is 324 g/mol. The molecular formula is C19H25ClN2O2. The van der Waals surface area contributed by atoms with E-state index in [4.69, 9.17) is 16.3 Å². The number of hydrogen-bond acceptors (Lipinski definition) is 3. The largest absolute Gasteiger partial charge is 0.381 e. The van der Waals surface area contributed by atoms with E-state index < -0.39 is 0 Å². The summed E-state index contributed by atoms with van der Waals surface area (Å²) in [6, 6.07) is 7.73. The molecule has 24 heavy (non-hydrogen) atoms. The Labute approximate surface area is 148 Å². The fourth-order valence-electron chi connectivity index (χ4n) is 3.35. The van der Waals surface area contributed by atoms with E-state index in [0.717, 1.165) is 51.3 Å². The van der Waals surface area contributed by atoms with Gasteiger partial charge in [-0.2, -0.15) is 0 Å². The SMILES string of the molecule is O=C(/C=C/c1ccc(Cl)cc1)NC1CCN(C[C@H]2CCOC2)CC1. The first-order valence-corrected chi connectivity index (χ1v) is 9.11. The van der Waals surface area contributed by atoms with Gasteiger partial charge >= 0.3 is 0 Å². The number of likely N-dealkylation sites (tertiary alicyclic amines) is 1. The number of ether oxygens (including phenoxy) is 1. The number of halogens is 1. The molecule has 0 saturated carbocycles. The van der Waals surface area contributed by atoms with Crippen LogP contribution in [0.1, 0.15) is 24.8 Å². The van der Waals surface area contributed by atoms with Crippen molar-refractivity contribution in [3.05, 3.63) is 40.9 Å². The molecule has 4 nitrogen and oxygen atoms in total. The van der Waals surface area contributed by atoms with Crippen LogP contribution < -0.4 is 5.32 Å². The molecule has 0 aliphatic carbocycles. The Bertz CT molecular complexity index is 559. The lowest BCUT2D eigenvalue weighted by molar-refractivity contribution is -0.117. The van der Waals surface area contributed by atoms with Gasteiger partial charge in [0.25, 0.3) is 0 Å². The molecule has 2 aliphatic rings. The lowest BCUT2D eigenvalue weighted by Gasteiger charge is -2.33. The molecule has 2 saturated heterocycles. The van der Waals surface area contributed by atoms with E-state index in [1.165, 1.54) is 6.42 Å². The Balaban J connectivity index is 1.38. The molecule has 1 aromatic carbocycles. The van der Waals surface area contributed by atoms with Crippen LogP contribution in [0.3, 0.4) is 0 Å². The number of nitrogens with one attached hydrogen (secondary N) is 1. The van der Waals surface area contributed by atoms with Gasteiger partial charge in [-0.3, -0.25) is 4.79 Å². The van der Waals surface area contributed by atoms with Crippen LogP contribution in [0, 0.1) is 5.92 Å². The molecule has 0 spiro atoms. The van der Waals surface area contributed by atoms with Gasteiger partial charge in [-0.25, -0.2) is 0 Å². The Morgan fingerprint density at radius 2 is 2.00 bits per heavy atom. The van der Waals surface area contributed by atoms with Gasteiger partial charge in [-0.1, -0.05) is 23.7 Å². The number of rotatable bonds is 5. The highest BCUT2D eigenvalue weighted by atomic mass is 35.5. The average Bonchev–Trinajstić information content (AvgIpc) is 3.09. The molecule has 2 aliphatic heterocycles. The van der Waals surface area contributed by atoms with Crippen molar-refractivity contribution >= 4 is 23.6 Å². The summed E-state index contributed by atoms with van der Waals surface area (Å²) in [5.74, 6) is 0.672. The van der Waals surface area contributed by atoms with Crippen LogP contribution in [0.25, 0.3) is 6.08 Å². The average molecular weight is 349 g/mol. The molecule has 0 bridgehead atoms. The minimum atomic E-state index is -0.0207. The van der Waals surface area contributed by atoms with Gasteiger partial charge < -0.3 is 15.0 Å². The molecule has 1 aromatic rings. The first-order chi connectivity index (χ1) is 11.7. The molecule has 3 rings (SSSR count). The molecule has 0 aromatic heterocycles. The lowest BCUT2D eigenvalue weighted by Crippen LogP contribution is -2.45. The minimum Gasteiger partial charge on any atom is -0.381 e. The molecule has 2 heterocycles. The molecule has 2 fully saturated rings. The van der Waals surface area contributed by atoms with Crippen LogP contribution in [-0.2, 0) is 9.53 Å². The van der Waals surface area contributed by atoms with E-state index in [2.05, 4.69) is 10.2 Å². The molecule has 130 valence electrons. The van der Waals surface area contributed by atoms with Crippen molar-refractivity contribution in [2.24, 2.45) is 5.92 Å². The van der Waals surface area contributed by atoms with E-state index in [9.17, 15) is 4.79 Å². The second-order valence-corrected chi connectivity index (χ2v) is 7.13. The van der Waals surface area contributed by atoms with Gasteiger partial charge in [-0.05, 0) is 49.0 Å². The van der Waals surface area contributed by atoms with Crippen LogP contribution in [0.2, 0.25) is 5.02 Å². The highest BCUT2D eigenvalue weighted by molar-refractivity contribution is 6.30. The van der Waals surface area contributed by atoms with Crippen LogP contribution in [0.15, 0.2) is 30.3 Å². The highest BCUT2D eigenvalue weighted by Gasteiger charge is 2.24. The molecule has 1 N–H and O–H groups in total. The predicted molar refractivity (Wildman–Crippen MR) is 97.0 cm³/mol. The summed E-state index contributed by atoms with van der Waals surface area (Å²) >= 11 is 5.85. The number of carbonyl (C=O) groups excluding carboxylic acids is 1. The summed E-state index contributed by atoms with van der Waals surface area (Å²) in [5, 5.41) is 3.81. The Kier molecular flexibility index (Phi) is 6.30. The standard InChI is InChI=1S/C19H25ClN2O2/c20-17-4-1-15(2-5-17)3-6-19(23)21-18-7-10-22(11-8-18)13-16-9-12-24-14-16/h1-6,16,18H,7-14H2,(H,21,23)/b6-3+/t16-/m1/s1.